The number of rotatable bonds is 5. The zero-order valence-corrected chi connectivity index (χ0v) is 13.9. The largest absolute Gasteiger partial charge is 0.444 e. The Balaban J connectivity index is 2.06. The SMILES string of the molecule is CC[C@@H](C(O)c1nnc(C2CC2)o1)N(C)C(=O)OC(C)(C)C. The number of aliphatic hydroxyl groups excluding tert-OH is 1. The topological polar surface area (TPSA) is 88.7 Å². The summed E-state index contributed by atoms with van der Waals surface area (Å²) in [5.74, 6) is 1.06. The minimum absolute atomic E-state index is 0.157. The summed E-state index contributed by atoms with van der Waals surface area (Å²) in [7, 11) is 1.60. The van der Waals surface area contributed by atoms with Gasteiger partial charge in [0.2, 0.25) is 11.8 Å². The van der Waals surface area contributed by atoms with Crippen molar-refractivity contribution in [1.29, 1.82) is 0 Å². The van der Waals surface area contributed by atoms with Gasteiger partial charge in [-0.05, 0) is 40.0 Å². The highest BCUT2D eigenvalue weighted by Gasteiger charge is 2.35. The number of carbonyl (C=O) groups excluding carboxylic acids is 1. The lowest BCUT2D eigenvalue weighted by molar-refractivity contribution is -0.00472. The van der Waals surface area contributed by atoms with Gasteiger partial charge in [-0.25, -0.2) is 4.79 Å². The predicted octanol–water partition coefficient (Wildman–Crippen LogP) is 2.63. The summed E-state index contributed by atoms with van der Waals surface area (Å²) < 4.78 is 10.9. The van der Waals surface area contributed by atoms with Crippen LogP contribution in [0, 0.1) is 0 Å². The van der Waals surface area contributed by atoms with Crippen LogP contribution in [0.15, 0.2) is 4.42 Å². The van der Waals surface area contributed by atoms with E-state index in [4.69, 9.17) is 9.15 Å². The number of ether oxygens (including phenoxy) is 1. The molecule has 0 spiro atoms. The second-order valence-electron chi connectivity index (χ2n) is 6.76. The Morgan fingerprint density at radius 2 is 2.09 bits per heavy atom. The molecular weight excluding hydrogens is 286 g/mol. The molecule has 0 aromatic carbocycles. The van der Waals surface area contributed by atoms with Crippen molar-refractivity contribution in [3.63, 3.8) is 0 Å². The molecule has 0 bridgehead atoms. The first kappa shape index (κ1) is 16.7. The minimum atomic E-state index is -1.03. The van der Waals surface area contributed by atoms with Crippen LogP contribution in [0.3, 0.4) is 0 Å². The molecule has 1 unspecified atom stereocenters. The maximum absolute atomic E-state index is 12.1. The smallest absolute Gasteiger partial charge is 0.410 e. The lowest BCUT2D eigenvalue weighted by Crippen LogP contribution is -2.43. The molecule has 7 heteroatoms. The first-order valence-corrected chi connectivity index (χ1v) is 7.70. The molecule has 0 aliphatic heterocycles. The Hall–Kier alpha value is -1.63. The number of aromatic nitrogens is 2. The van der Waals surface area contributed by atoms with E-state index in [1.54, 1.807) is 27.8 Å². The van der Waals surface area contributed by atoms with E-state index in [1.807, 2.05) is 6.92 Å². The van der Waals surface area contributed by atoms with Crippen LogP contribution < -0.4 is 0 Å². The van der Waals surface area contributed by atoms with Crippen molar-refractivity contribution in [2.24, 2.45) is 0 Å². The second-order valence-corrected chi connectivity index (χ2v) is 6.76. The summed E-state index contributed by atoms with van der Waals surface area (Å²) in [5, 5.41) is 18.4. The Morgan fingerprint density at radius 1 is 1.45 bits per heavy atom. The van der Waals surface area contributed by atoms with Gasteiger partial charge in [0.25, 0.3) is 0 Å². The molecule has 2 rings (SSSR count). The molecule has 1 aromatic rings. The molecule has 124 valence electrons. The van der Waals surface area contributed by atoms with Crippen molar-refractivity contribution in [2.75, 3.05) is 7.05 Å². The van der Waals surface area contributed by atoms with Gasteiger partial charge in [-0.15, -0.1) is 10.2 Å². The Morgan fingerprint density at radius 3 is 2.59 bits per heavy atom. The van der Waals surface area contributed by atoms with Crippen LogP contribution in [0.25, 0.3) is 0 Å². The van der Waals surface area contributed by atoms with E-state index in [2.05, 4.69) is 10.2 Å². The number of likely N-dealkylation sites (N-methyl/N-ethyl adjacent to an activating group) is 1. The van der Waals surface area contributed by atoms with Gasteiger partial charge in [0.1, 0.15) is 5.60 Å². The van der Waals surface area contributed by atoms with Crippen LogP contribution >= 0.6 is 0 Å². The van der Waals surface area contributed by atoms with Crippen molar-refractivity contribution in [1.82, 2.24) is 15.1 Å². The molecule has 1 N–H and O–H groups in total. The molecule has 22 heavy (non-hydrogen) atoms. The summed E-state index contributed by atoms with van der Waals surface area (Å²) in [6.07, 6.45) is 1.13. The van der Waals surface area contributed by atoms with Crippen LogP contribution in [-0.2, 0) is 4.74 Å². The monoisotopic (exact) mass is 311 g/mol. The van der Waals surface area contributed by atoms with Gasteiger partial charge in [0.15, 0.2) is 6.10 Å². The van der Waals surface area contributed by atoms with Crippen molar-refractivity contribution < 1.29 is 19.1 Å². The van der Waals surface area contributed by atoms with Gasteiger partial charge < -0.3 is 19.2 Å². The summed E-state index contributed by atoms with van der Waals surface area (Å²) in [6, 6.07) is -0.484. The molecule has 1 amide bonds. The Bertz CT molecular complexity index is 519. The highest BCUT2D eigenvalue weighted by atomic mass is 16.6. The molecule has 1 aromatic heterocycles. The summed E-state index contributed by atoms with van der Waals surface area (Å²) in [4.78, 5) is 13.5. The van der Waals surface area contributed by atoms with Crippen molar-refractivity contribution in [2.45, 2.75) is 70.6 Å². The average Bonchev–Trinajstić information content (AvgIpc) is 3.15. The van der Waals surface area contributed by atoms with Gasteiger partial charge in [-0.1, -0.05) is 6.92 Å². The zero-order valence-electron chi connectivity index (χ0n) is 13.9. The number of aliphatic hydroxyl groups is 1. The summed E-state index contributed by atoms with van der Waals surface area (Å²) >= 11 is 0. The molecule has 0 saturated heterocycles. The predicted molar refractivity (Wildman–Crippen MR) is 79.3 cm³/mol. The van der Waals surface area contributed by atoms with E-state index in [9.17, 15) is 9.90 Å². The molecular formula is C15H25N3O4. The fourth-order valence-corrected chi connectivity index (χ4v) is 2.20. The third-order valence-electron chi connectivity index (χ3n) is 3.60. The van der Waals surface area contributed by atoms with Crippen LogP contribution in [0.2, 0.25) is 0 Å². The van der Waals surface area contributed by atoms with Gasteiger partial charge in [0.05, 0.1) is 6.04 Å². The average molecular weight is 311 g/mol. The zero-order chi connectivity index (χ0) is 16.5. The van der Waals surface area contributed by atoms with Gasteiger partial charge in [-0.2, -0.15) is 0 Å². The van der Waals surface area contributed by atoms with E-state index >= 15 is 0 Å². The minimum Gasteiger partial charge on any atom is -0.444 e. The molecule has 7 nitrogen and oxygen atoms in total. The van der Waals surface area contributed by atoms with Gasteiger partial charge in [0, 0.05) is 13.0 Å². The fourth-order valence-electron chi connectivity index (χ4n) is 2.20. The Labute approximate surface area is 130 Å². The number of nitrogens with zero attached hydrogens (tertiary/aromatic N) is 3. The van der Waals surface area contributed by atoms with Crippen molar-refractivity contribution in [3.8, 4) is 0 Å². The number of amides is 1. The summed E-state index contributed by atoms with van der Waals surface area (Å²) in [6.45, 7) is 7.29. The van der Waals surface area contributed by atoms with Crippen LogP contribution in [0.1, 0.15) is 70.8 Å². The maximum Gasteiger partial charge on any atom is 0.410 e. The third-order valence-corrected chi connectivity index (χ3v) is 3.60. The molecule has 1 saturated carbocycles. The highest BCUT2D eigenvalue weighted by molar-refractivity contribution is 5.68. The van der Waals surface area contributed by atoms with E-state index in [-0.39, 0.29) is 5.89 Å². The van der Waals surface area contributed by atoms with Crippen LogP contribution in [-0.4, -0.2) is 45.0 Å². The first-order valence-electron chi connectivity index (χ1n) is 7.70. The number of carbonyl (C=O) groups is 1. The van der Waals surface area contributed by atoms with Crippen molar-refractivity contribution >= 4 is 6.09 Å². The Kier molecular flexibility index (Phi) is 4.75. The lowest BCUT2D eigenvalue weighted by Gasteiger charge is -2.31. The second kappa shape index (κ2) is 6.24. The molecule has 1 aliphatic rings. The number of hydrogen-bond donors (Lipinski definition) is 1. The van der Waals surface area contributed by atoms with E-state index in [0.717, 1.165) is 12.8 Å². The fraction of sp³-hybridized carbons (Fsp3) is 0.800. The highest BCUT2D eigenvalue weighted by Crippen LogP contribution is 2.39. The molecule has 1 fully saturated rings. The molecule has 1 heterocycles. The van der Waals surface area contributed by atoms with Crippen LogP contribution in [0.5, 0.6) is 0 Å². The maximum atomic E-state index is 12.1. The van der Waals surface area contributed by atoms with Gasteiger partial charge in [-0.3, -0.25) is 0 Å². The quantitative estimate of drug-likeness (QED) is 0.899. The standard InChI is InChI=1S/C15H25N3O4/c1-6-10(18(5)14(20)22-15(2,3)4)11(19)13-17-16-12(21-13)9-7-8-9/h9-11,19H,6-8H2,1-5H3/t10-,11?/m0/s1. The summed E-state index contributed by atoms with van der Waals surface area (Å²) in [5.41, 5.74) is -0.585. The van der Waals surface area contributed by atoms with E-state index in [0.29, 0.717) is 18.2 Å². The van der Waals surface area contributed by atoms with Gasteiger partial charge >= 0.3 is 6.09 Å². The number of hydrogen-bond acceptors (Lipinski definition) is 6. The van der Waals surface area contributed by atoms with E-state index in [1.165, 1.54) is 4.90 Å². The third kappa shape index (κ3) is 3.97. The molecule has 0 radical (unpaired) electrons. The van der Waals surface area contributed by atoms with E-state index < -0.39 is 23.8 Å². The lowest BCUT2D eigenvalue weighted by atomic mass is 10.1. The molecule has 2 atom stereocenters. The van der Waals surface area contributed by atoms with Crippen LogP contribution in [0.4, 0.5) is 4.79 Å². The first-order chi connectivity index (χ1) is 10.2. The normalized spacial score (nSPS) is 17.9. The molecule has 1 aliphatic carbocycles. The van der Waals surface area contributed by atoms with Crippen molar-refractivity contribution in [3.05, 3.63) is 11.8 Å².